The number of rotatable bonds is 8. The fourth-order valence-corrected chi connectivity index (χ4v) is 3.29. The maximum atomic E-state index is 12.1. The summed E-state index contributed by atoms with van der Waals surface area (Å²) in [6, 6.07) is 9.80. The molecule has 156 valence electrons. The quantitative estimate of drug-likeness (QED) is 0.591. The molecule has 0 bridgehead atoms. The minimum atomic E-state index is -3.24. The topological polar surface area (TPSA) is 102 Å². The van der Waals surface area contributed by atoms with Gasteiger partial charge in [-0.2, -0.15) is 0 Å². The average Bonchev–Trinajstić information content (AvgIpc) is 2.66. The van der Waals surface area contributed by atoms with Crippen molar-refractivity contribution >= 4 is 50.8 Å². The Morgan fingerprint density at radius 3 is 2.34 bits per heavy atom. The predicted octanol–water partition coefficient (Wildman–Crippen LogP) is 3.19. The summed E-state index contributed by atoms with van der Waals surface area (Å²) in [5.74, 6) is -1.24. The molecule has 2 N–H and O–H groups in total. The van der Waals surface area contributed by atoms with Gasteiger partial charge in [0, 0.05) is 6.54 Å². The summed E-state index contributed by atoms with van der Waals surface area (Å²) in [7, 11) is -3.24. The fraction of sp³-hybridized carbons (Fsp3) is 0.263. The van der Waals surface area contributed by atoms with Crippen LogP contribution in [-0.4, -0.2) is 39.7 Å². The molecule has 1 amide bonds. The molecule has 2 rings (SSSR count). The van der Waals surface area contributed by atoms with E-state index in [2.05, 4.69) is 10.0 Å². The van der Waals surface area contributed by atoms with E-state index in [4.69, 9.17) is 27.9 Å². The van der Waals surface area contributed by atoms with Crippen molar-refractivity contribution in [2.75, 3.05) is 24.7 Å². The Morgan fingerprint density at radius 1 is 1.07 bits per heavy atom. The van der Waals surface area contributed by atoms with Crippen LogP contribution in [0.2, 0.25) is 10.0 Å². The van der Waals surface area contributed by atoms with E-state index in [1.54, 1.807) is 43.3 Å². The largest absolute Gasteiger partial charge is 0.452 e. The second-order valence-corrected chi connectivity index (χ2v) is 8.91. The molecule has 0 atom stereocenters. The molecule has 0 saturated carbocycles. The zero-order chi connectivity index (χ0) is 21.6. The van der Waals surface area contributed by atoms with E-state index in [9.17, 15) is 18.0 Å². The lowest BCUT2D eigenvalue weighted by atomic mass is 10.1. The van der Waals surface area contributed by atoms with E-state index in [-0.39, 0.29) is 22.8 Å². The molecule has 0 saturated heterocycles. The maximum absolute atomic E-state index is 12.1. The molecule has 0 aliphatic rings. The maximum Gasteiger partial charge on any atom is 0.338 e. The summed E-state index contributed by atoms with van der Waals surface area (Å²) in [5, 5.41) is 3.13. The first-order valence-electron chi connectivity index (χ1n) is 8.52. The Bertz CT molecular complexity index is 1010. The molecular formula is C19H20Cl2N2O5S. The van der Waals surface area contributed by atoms with Gasteiger partial charge in [-0.05, 0) is 42.7 Å². The standard InChI is InChI=1S/C19H20Cl2N2O5S/c1-12-3-8-15(20)18(17(12)21)23-16(24)11-28-19(25)14-6-4-13(5-7-14)9-10-22-29(2,26)27/h3-8,22H,9-11H2,1-2H3,(H,23,24). The number of halogens is 2. The highest BCUT2D eigenvalue weighted by Gasteiger charge is 2.14. The predicted molar refractivity (Wildman–Crippen MR) is 113 cm³/mol. The van der Waals surface area contributed by atoms with Gasteiger partial charge in [0.1, 0.15) is 0 Å². The molecule has 0 unspecified atom stereocenters. The Morgan fingerprint density at radius 2 is 1.72 bits per heavy atom. The lowest BCUT2D eigenvalue weighted by Gasteiger charge is -2.11. The lowest BCUT2D eigenvalue weighted by molar-refractivity contribution is -0.119. The zero-order valence-electron chi connectivity index (χ0n) is 15.8. The van der Waals surface area contributed by atoms with Gasteiger partial charge >= 0.3 is 5.97 Å². The van der Waals surface area contributed by atoms with Crippen LogP contribution >= 0.6 is 23.2 Å². The highest BCUT2D eigenvalue weighted by molar-refractivity contribution is 7.88. The van der Waals surface area contributed by atoms with E-state index in [1.807, 2.05) is 0 Å². The lowest BCUT2D eigenvalue weighted by Crippen LogP contribution is -2.24. The monoisotopic (exact) mass is 458 g/mol. The Balaban J connectivity index is 1.87. The number of ether oxygens (including phenoxy) is 1. The molecule has 2 aromatic carbocycles. The summed E-state index contributed by atoms with van der Waals surface area (Å²) >= 11 is 12.2. The number of anilines is 1. The van der Waals surface area contributed by atoms with Crippen LogP contribution in [-0.2, 0) is 26.0 Å². The van der Waals surface area contributed by atoms with Crippen molar-refractivity contribution in [3.8, 4) is 0 Å². The molecule has 29 heavy (non-hydrogen) atoms. The Labute approximate surface area is 179 Å². The van der Waals surface area contributed by atoms with Crippen molar-refractivity contribution in [1.82, 2.24) is 4.72 Å². The van der Waals surface area contributed by atoms with Crippen molar-refractivity contribution in [1.29, 1.82) is 0 Å². The van der Waals surface area contributed by atoms with E-state index >= 15 is 0 Å². The van der Waals surface area contributed by atoms with Gasteiger partial charge in [0.2, 0.25) is 10.0 Å². The van der Waals surface area contributed by atoms with Crippen LogP contribution < -0.4 is 10.0 Å². The normalized spacial score (nSPS) is 11.2. The van der Waals surface area contributed by atoms with Gasteiger partial charge in [-0.1, -0.05) is 41.4 Å². The molecule has 0 spiro atoms. The number of carbonyl (C=O) groups excluding carboxylic acids is 2. The second kappa shape index (κ2) is 10.1. The van der Waals surface area contributed by atoms with Crippen LogP contribution in [0.3, 0.4) is 0 Å². The summed E-state index contributed by atoms with van der Waals surface area (Å²) < 4.78 is 29.5. The van der Waals surface area contributed by atoms with Crippen molar-refractivity contribution < 1.29 is 22.7 Å². The number of sulfonamides is 1. The van der Waals surface area contributed by atoms with Crippen LogP contribution in [0.1, 0.15) is 21.5 Å². The minimum absolute atomic E-state index is 0.257. The number of hydrogen-bond donors (Lipinski definition) is 2. The molecule has 0 fully saturated rings. The van der Waals surface area contributed by atoms with Crippen LogP contribution in [0.5, 0.6) is 0 Å². The van der Waals surface area contributed by atoms with E-state index in [0.29, 0.717) is 11.4 Å². The molecule has 0 radical (unpaired) electrons. The molecule has 0 aromatic heterocycles. The van der Waals surface area contributed by atoms with Gasteiger partial charge in [0.25, 0.3) is 5.91 Å². The van der Waals surface area contributed by atoms with Gasteiger partial charge in [-0.15, -0.1) is 0 Å². The molecule has 0 aliphatic heterocycles. The molecule has 7 nitrogen and oxygen atoms in total. The Hall–Kier alpha value is -2.13. The highest BCUT2D eigenvalue weighted by atomic mass is 35.5. The van der Waals surface area contributed by atoms with Crippen LogP contribution in [0.25, 0.3) is 0 Å². The van der Waals surface area contributed by atoms with Crippen molar-refractivity contribution in [2.45, 2.75) is 13.3 Å². The van der Waals surface area contributed by atoms with E-state index in [1.165, 1.54) is 0 Å². The number of hydrogen-bond acceptors (Lipinski definition) is 5. The van der Waals surface area contributed by atoms with Crippen molar-refractivity contribution in [2.24, 2.45) is 0 Å². The summed E-state index contributed by atoms with van der Waals surface area (Å²) in [6.45, 7) is 1.53. The van der Waals surface area contributed by atoms with Crippen LogP contribution in [0.4, 0.5) is 5.69 Å². The Kier molecular flexibility index (Phi) is 8.04. The third-order valence-corrected chi connectivity index (χ3v) is 5.38. The number of esters is 1. The first-order valence-corrected chi connectivity index (χ1v) is 11.2. The fourth-order valence-electron chi connectivity index (χ4n) is 2.35. The number of carbonyl (C=O) groups is 2. The third kappa shape index (κ3) is 7.32. The van der Waals surface area contributed by atoms with Gasteiger partial charge < -0.3 is 10.1 Å². The second-order valence-electron chi connectivity index (χ2n) is 6.29. The number of nitrogens with one attached hydrogen (secondary N) is 2. The van der Waals surface area contributed by atoms with Crippen molar-refractivity contribution in [3.05, 3.63) is 63.1 Å². The highest BCUT2D eigenvalue weighted by Crippen LogP contribution is 2.32. The number of benzene rings is 2. The first-order chi connectivity index (χ1) is 13.6. The minimum Gasteiger partial charge on any atom is -0.452 e. The van der Waals surface area contributed by atoms with Gasteiger partial charge in [-0.25, -0.2) is 17.9 Å². The van der Waals surface area contributed by atoms with E-state index < -0.39 is 28.5 Å². The number of aryl methyl sites for hydroxylation is 1. The average molecular weight is 459 g/mol. The SMILES string of the molecule is Cc1ccc(Cl)c(NC(=O)COC(=O)c2ccc(CCNS(C)(=O)=O)cc2)c1Cl. The van der Waals surface area contributed by atoms with Crippen molar-refractivity contribution in [3.63, 3.8) is 0 Å². The van der Waals surface area contributed by atoms with Gasteiger partial charge in [0.15, 0.2) is 6.61 Å². The molecular weight excluding hydrogens is 439 g/mol. The summed E-state index contributed by atoms with van der Waals surface area (Å²) in [4.78, 5) is 24.2. The third-order valence-electron chi connectivity index (χ3n) is 3.85. The smallest absolute Gasteiger partial charge is 0.338 e. The zero-order valence-corrected chi connectivity index (χ0v) is 18.1. The van der Waals surface area contributed by atoms with Crippen LogP contribution in [0, 0.1) is 6.92 Å². The van der Waals surface area contributed by atoms with Gasteiger partial charge in [-0.3, -0.25) is 4.79 Å². The van der Waals surface area contributed by atoms with Crippen LogP contribution in [0.15, 0.2) is 36.4 Å². The molecule has 0 aliphatic carbocycles. The summed E-state index contributed by atoms with van der Waals surface area (Å²) in [5.41, 5.74) is 2.13. The summed E-state index contributed by atoms with van der Waals surface area (Å²) in [6.07, 6.45) is 1.56. The first kappa shape index (κ1) is 23.2. The van der Waals surface area contributed by atoms with E-state index in [0.717, 1.165) is 17.4 Å². The number of amides is 1. The molecule has 0 heterocycles. The molecule has 10 heteroatoms. The van der Waals surface area contributed by atoms with Gasteiger partial charge in [0.05, 0.1) is 27.6 Å². The molecule has 2 aromatic rings.